The van der Waals surface area contributed by atoms with Gasteiger partial charge in [0.15, 0.2) is 0 Å². The van der Waals surface area contributed by atoms with E-state index in [4.69, 9.17) is 5.11 Å². The molecule has 1 rings (SSSR count). The number of carbonyl (C=O) groups excluding carboxylic acids is 1. The number of hydrogen-bond donors (Lipinski definition) is 3. The molecule has 0 unspecified atom stereocenters. The van der Waals surface area contributed by atoms with E-state index < -0.39 is 12.0 Å². The number of carbonyl (C=O) groups is 2. The van der Waals surface area contributed by atoms with Crippen molar-refractivity contribution in [2.75, 3.05) is 18.9 Å². The molecule has 0 saturated heterocycles. The first-order valence-electron chi connectivity index (χ1n) is 6.18. The lowest BCUT2D eigenvalue weighted by Crippen LogP contribution is -2.37. The van der Waals surface area contributed by atoms with Crippen LogP contribution in [0.4, 0.5) is 10.5 Å². The van der Waals surface area contributed by atoms with Crippen LogP contribution in [0.15, 0.2) is 18.2 Å². The molecule has 6 nitrogen and oxygen atoms in total. The van der Waals surface area contributed by atoms with Crippen molar-refractivity contribution < 1.29 is 19.8 Å². The molecular weight excluding hydrogens is 260 g/mol. The Morgan fingerprint density at radius 1 is 1.30 bits per heavy atom. The molecule has 110 valence electrons. The number of aromatic hydroxyl groups is 1. The van der Waals surface area contributed by atoms with E-state index in [0.717, 1.165) is 6.07 Å². The smallest absolute Gasteiger partial charge is 0.337 e. The second-order valence-electron chi connectivity index (χ2n) is 5.88. The van der Waals surface area contributed by atoms with Gasteiger partial charge in [0, 0.05) is 13.6 Å². The minimum Gasteiger partial charge on any atom is -0.508 e. The van der Waals surface area contributed by atoms with Crippen molar-refractivity contribution in [3.8, 4) is 5.75 Å². The summed E-state index contributed by atoms with van der Waals surface area (Å²) in [5.41, 5.74) is -0.0556. The molecule has 0 heterocycles. The maximum Gasteiger partial charge on any atom is 0.337 e. The van der Waals surface area contributed by atoms with Crippen LogP contribution >= 0.6 is 0 Å². The van der Waals surface area contributed by atoms with Crippen LogP contribution in [0.2, 0.25) is 0 Å². The number of nitrogens with one attached hydrogen (secondary N) is 1. The zero-order valence-corrected chi connectivity index (χ0v) is 12.1. The first kappa shape index (κ1) is 15.8. The normalized spacial score (nSPS) is 11.0. The number of phenolic OH excluding ortho intramolecular Hbond substituents is 1. The number of nitrogens with zero attached hydrogens (tertiary/aromatic N) is 1. The highest BCUT2D eigenvalue weighted by molar-refractivity contribution is 6.00. The number of hydrogen-bond acceptors (Lipinski definition) is 3. The van der Waals surface area contributed by atoms with Crippen LogP contribution in [-0.2, 0) is 0 Å². The fourth-order valence-electron chi connectivity index (χ4n) is 1.81. The van der Waals surface area contributed by atoms with E-state index in [9.17, 15) is 14.7 Å². The minimum absolute atomic E-state index is 0.0589. The van der Waals surface area contributed by atoms with Crippen LogP contribution in [0.5, 0.6) is 5.75 Å². The van der Waals surface area contributed by atoms with Gasteiger partial charge >= 0.3 is 12.0 Å². The van der Waals surface area contributed by atoms with Crippen molar-refractivity contribution in [3.05, 3.63) is 23.8 Å². The van der Waals surface area contributed by atoms with Gasteiger partial charge in [-0.2, -0.15) is 0 Å². The monoisotopic (exact) mass is 280 g/mol. The average Bonchev–Trinajstić information content (AvgIpc) is 2.28. The molecule has 0 aliphatic carbocycles. The van der Waals surface area contributed by atoms with Crippen molar-refractivity contribution in [3.63, 3.8) is 0 Å². The number of benzene rings is 1. The van der Waals surface area contributed by atoms with E-state index in [2.05, 4.69) is 5.32 Å². The molecule has 6 heteroatoms. The molecule has 0 aliphatic heterocycles. The number of phenols is 1. The molecule has 0 aliphatic rings. The summed E-state index contributed by atoms with van der Waals surface area (Å²) < 4.78 is 0. The zero-order chi connectivity index (χ0) is 15.5. The topological polar surface area (TPSA) is 89.9 Å². The molecule has 3 N–H and O–H groups in total. The summed E-state index contributed by atoms with van der Waals surface area (Å²) in [7, 11) is 1.64. The van der Waals surface area contributed by atoms with E-state index in [0.29, 0.717) is 6.54 Å². The van der Waals surface area contributed by atoms with Gasteiger partial charge in [-0.05, 0) is 23.6 Å². The van der Waals surface area contributed by atoms with Crippen molar-refractivity contribution in [1.29, 1.82) is 0 Å². The molecule has 0 fully saturated rings. The third kappa shape index (κ3) is 4.46. The molecule has 0 radical (unpaired) electrons. The Labute approximate surface area is 118 Å². The second-order valence-corrected chi connectivity index (χ2v) is 5.88. The first-order chi connectivity index (χ1) is 9.10. The number of urea groups is 1. The molecule has 0 aromatic heterocycles. The Kier molecular flexibility index (Phi) is 4.60. The van der Waals surface area contributed by atoms with E-state index in [1.54, 1.807) is 7.05 Å². The highest BCUT2D eigenvalue weighted by atomic mass is 16.4. The van der Waals surface area contributed by atoms with Gasteiger partial charge in [0.05, 0.1) is 11.3 Å². The van der Waals surface area contributed by atoms with Crippen LogP contribution in [0.1, 0.15) is 31.1 Å². The predicted octanol–water partition coefficient (Wildman–Crippen LogP) is 2.60. The van der Waals surface area contributed by atoms with Crippen LogP contribution in [-0.4, -0.2) is 40.7 Å². The van der Waals surface area contributed by atoms with Crippen molar-refractivity contribution in [1.82, 2.24) is 4.90 Å². The van der Waals surface area contributed by atoms with Crippen molar-refractivity contribution in [2.24, 2.45) is 5.41 Å². The molecule has 1 aromatic carbocycles. The molecule has 0 saturated carbocycles. The van der Waals surface area contributed by atoms with E-state index in [1.165, 1.54) is 17.0 Å². The van der Waals surface area contributed by atoms with Crippen LogP contribution < -0.4 is 5.32 Å². The summed E-state index contributed by atoms with van der Waals surface area (Å²) in [6.45, 7) is 6.53. The number of carboxylic acid groups (broad SMARTS) is 1. The molecule has 0 atom stereocenters. The largest absolute Gasteiger partial charge is 0.508 e. The predicted molar refractivity (Wildman–Crippen MR) is 76.2 cm³/mol. The third-order valence-electron chi connectivity index (χ3n) is 2.53. The number of anilines is 1. The lowest BCUT2D eigenvalue weighted by Gasteiger charge is -2.27. The maximum absolute atomic E-state index is 12.0. The Bertz CT molecular complexity index is 520. The standard InChI is InChI=1S/C14H20N2O4/c1-14(2,3)8-16(4)13(20)15-11-6-5-9(17)7-10(11)12(18)19/h5-7,17H,8H2,1-4H3,(H,15,20)(H,18,19). The van der Waals surface area contributed by atoms with E-state index in [-0.39, 0.29) is 22.4 Å². The summed E-state index contributed by atoms with van der Waals surface area (Å²) in [6, 6.07) is 3.39. The number of rotatable bonds is 3. The highest BCUT2D eigenvalue weighted by Gasteiger charge is 2.19. The molecule has 0 spiro atoms. The van der Waals surface area contributed by atoms with Gasteiger partial charge < -0.3 is 20.4 Å². The van der Waals surface area contributed by atoms with E-state index >= 15 is 0 Å². The molecular formula is C14H20N2O4. The Morgan fingerprint density at radius 3 is 2.40 bits per heavy atom. The van der Waals surface area contributed by atoms with Gasteiger partial charge in [0.1, 0.15) is 5.75 Å². The highest BCUT2D eigenvalue weighted by Crippen LogP contribution is 2.22. The Balaban J connectivity index is 2.88. The van der Waals surface area contributed by atoms with Gasteiger partial charge in [-0.15, -0.1) is 0 Å². The van der Waals surface area contributed by atoms with Crippen LogP contribution in [0.3, 0.4) is 0 Å². The number of amides is 2. The van der Waals surface area contributed by atoms with Crippen molar-refractivity contribution >= 4 is 17.7 Å². The lowest BCUT2D eigenvalue weighted by atomic mass is 9.96. The fourth-order valence-corrected chi connectivity index (χ4v) is 1.81. The molecule has 1 aromatic rings. The zero-order valence-electron chi connectivity index (χ0n) is 12.1. The quantitative estimate of drug-likeness (QED) is 0.742. The second kappa shape index (κ2) is 5.81. The maximum atomic E-state index is 12.0. The lowest BCUT2D eigenvalue weighted by molar-refractivity contribution is 0.0697. The van der Waals surface area contributed by atoms with Gasteiger partial charge in [0.2, 0.25) is 0 Å². The summed E-state index contributed by atoms with van der Waals surface area (Å²) >= 11 is 0. The fraction of sp³-hybridized carbons (Fsp3) is 0.429. The van der Waals surface area contributed by atoms with Crippen molar-refractivity contribution in [2.45, 2.75) is 20.8 Å². The number of carboxylic acids is 1. The van der Waals surface area contributed by atoms with Gasteiger partial charge in [-0.1, -0.05) is 20.8 Å². The molecule has 20 heavy (non-hydrogen) atoms. The summed E-state index contributed by atoms with van der Waals surface area (Å²) in [4.78, 5) is 24.6. The molecule has 2 amide bonds. The third-order valence-corrected chi connectivity index (χ3v) is 2.53. The van der Waals surface area contributed by atoms with Crippen LogP contribution in [0, 0.1) is 5.41 Å². The first-order valence-corrected chi connectivity index (χ1v) is 6.18. The summed E-state index contributed by atoms with van der Waals surface area (Å²) in [5, 5.41) is 20.9. The number of aromatic carboxylic acids is 1. The Morgan fingerprint density at radius 2 is 1.90 bits per heavy atom. The average molecular weight is 280 g/mol. The minimum atomic E-state index is -1.21. The summed E-state index contributed by atoms with van der Waals surface area (Å²) in [6.07, 6.45) is 0. The van der Waals surface area contributed by atoms with Gasteiger partial charge in [0.25, 0.3) is 0 Å². The van der Waals surface area contributed by atoms with Crippen LogP contribution in [0.25, 0.3) is 0 Å². The van der Waals surface area contributed by atoms with Gasteiger partial charge in [-0.3, -0.25) is 0 Å². The molecule has 0 bridgehead atoms. The summed E-state index contributed by atoms with van der Waals surface area (Å²) in [5.74, 6) is -1.38. The van der Waals surface area contributed by atoms with Gasteiger partial charge in [-0.25, -0.2) is 9.59 Å². The van der Waals surface area contributed by atoms with E-state index in [1.807, 2.05) is 20.8 Å². The Hall–Kier alpha value is -2.24. The SMILES string of the molecule is CN(CC(C)(C)C)C(=O)Nc1ccc(O)cc1C(=O)O.